The van der Waals surface area contributed by atoms with Crippen molar-refractivity contribution in [3.05, 3.63) is 29.1 Å². The van der Waals surface area contributed by atoms with Crippen molar-refractivity contribution in [3.63, 3.8) is 0 Å². The van der Waals surface area contributed by atoms with Crippen molar-refractivity contribution in [3.8, 4) is 0 Å². The molecule has 1 saturated heterocycles. The fourth-order valence-electron chi connectivity index (χ4n) is 2.39. The van der Waals surface area contributed by atoms with Crippen LogP contribution >= 0.6 is 0 Å². The highest BCUT2D eigenvalue weighted by atomic mass is 16.5. The summed E-state index contributed by atoms with van der Waals surface area (Å²) in [5.74, 6) is 1.02. The molecule has 2 heterocycles. The SMILES string of the molecule is Cc1cc2nc(CC3CNCCO3)[nH]c2cc1C. The number of hydrogen-bond acceptors (Lipinski definition) is 3. The minimum atomic E-state index is 0.238. The van der Waals surface area contributed by atoms with Gasteiger partial charge in [0.05, 0.1) is 23.7 Å². The predicted octanol–water partition coefficient (Wildman–Crippen LogP) is 1.71. The number of aryl methyl sites for hydroxylation is 2. The van der Waals surface area contributed by atoms with Crippen LogP contribution < -0.4 is 5.32 Å². The van der Waals surface area contributed by atoms with E-state index in [0.29, 0.717) is 0 Å². The number of morpholine rings is 1. The van der Waals surface area contributed by atoms with E-state index in [9.17, 15) is 0 Å². The highest BCUT2D eigenvalue weighted by Gasteiger charge is 2.16. The minimum Gasteiger partial charge on any atom is -0.375 e. The van der Waals surface area contributed by atoms with Crippen molar-refractivity contribution in [2.45, 2.75) is 26.4 Å². The van der Waals surface area contributed by atoms with E-state index in [4.69, 9.17) is 4.74 Å². The van der Waals surface area contributed by atoms with Crippen LogP contribution in [-0.2, 0) is 11.2 Å². The summed E-state index contributed by atoms with van der Waals surface area (Å²) >= 11 is 0. The lowest BCUT2D eigenvalue weighted by Gasteiger charge is -2.22. The minimum absolute atomic E-state index is 0.238. The number of hydrogen-bond donors (Lipinski definition) is 2. The van der Waals surface area contributed by atoms with Gasteiger partial charge in [0, 0.05) is 19.5 Å². The molecule has 18 heavy (non-hydrogen) atoms. The molecule has 0 aliphatic carbocycles. The summed E-state index contributed by atoms with van der Waals surface area (Å²) < 4.78 is 5.70. The molecule has 3 rings (SSSR count). The molecular weight excluding hydrogens is 226 g/mol. The molecule has 1 aromatic heterocycles. The molecule has 1 fully saturated rings. The van der Waals surface area contributed by atoms with Gasteiger partial charge in [-0.3, -0.25) is 0 Å². The van der Waals surface area contributed by atoms with Crippen molar-refractivity contribution in [1.82, 2.24) is 15.3 Å². The van der Waals surface area contributed by atoms with Gasteiger partial charge in [0.15, 0.2) is 0 Å². The fraction of sp³-hybridized carbons (Fsp3) is 0.500. The van der Waals surface area contributed by atoms with Gasteiger partial charge in [-0.15, -0.1) is 0 Å². The molecule has 1 aliphatic rings. The van der Waals surface area contributed by atoms with Crippen LogP contribution in [0.1, 0.15) is 17.0 Å². The van der Waals surface area contributed by atoms with Crippen molar-refractivity contribution in [2.24, 2.45) is 0 Å². The summed E-state index contributed by atoms with van der Waals surface area (Å²) in [6, 6.07) is 4.31. The number of rotatable bonds is 2. The number of imidazole rings is 1. The Balaban J connectivity index is 1.84. The van der Waals surface area contributed by atoms with E-state index in [2.05, 4.69) is 41.3 Å². The second kappa shape index (κ2) is 4.71. The van der Waals surface area contributed by atoms with Gasteiger partial charge in [-0.1, -0.05) is 0 Å². The third kappa shape index (κ3) is 2.26. The van der Waals surface area contributed by atoms with Gasteiger partial charge in [-0.25, -0.2) is 4.98 Å². The number of H-pyrrole nitrogens is 1. The molecule has 1 aliphatic heterocycles. The van der Waals surface area contributed by atoms with Crippen molar-refractivity contribution < 1.29 is 4.74 Å². The number of ether oxygens (including phenoxy) is 1. The number of benzene rings is 1. The Morgan fingerprint density at radius 2 is 2.17 bits per heavy atom. The molecule has 0 spiro atoms. The largest absolute Gasteiger partial charge is 0.375 e. The molecule has 1 aromatic carbocycles. The molecule has 1 atom stereocenters. The van der Waals surface area contributed by atoms with Crippen molar-refractivity contribution >= 4 is 11.0 Å². The van der Waals surface area contributed by atoms with Crippen LogP contribution in [0.2, 0.25) is 0 Å². The van der Waals surface area contributed by atoms with E-state index >= 15 is 0 Å². The Hall–Kier alpha value is -1.39. The maximum Gasteiger partial charge on any atom is 0.109 e. The van der Waals surface area contributed by atoms with E-state index in [-0.39, 0.29) is 6.10 Å². The van der Waals surface area contributed by atoms with E-state index in [1.807, 2.05) is 0 Å². The van der Waals surface area contributed by atoms with Gasteiger partial charge < -0.3 is 15.0 Å². The zero-order valence-corrected chi connectivity index (χ0v) is 10.9. The molecule has 0 saturated carbocycles. The fourth-order valence-corrected chi connectivity index (χ4v) is 2.39. The Bertz CT molecular complexity index is 516. The van der Waals surface area contributed by atoms with Crippen LogP contribution in [-0.4, -0.2) is 35.8 Å². The van der Waals surface area contributed by atoms with Gasteiger partial charge in [-0.05, 0) is 37.1 Å². The van der Waals surface area contributed by atoms with Crippen LogP contribution in [0.15, 0.2) is 12.1 Å². The van der Waals surface area contributed by atoms with Gasteiger partial charge in [0.2, 0.25) is 0 Å². The standard InChI is InChI=1S/C14H19N3O/c1-9-5-12-13(6-10(9)2)17-14(16-12)7-11-8-15-3-4-18-11/h5-6,11,15H,3-4,7-8H2,1-2H3,(H,16,17). The number of nitrogens with zero attached hydrogens (tertiary/aromatic N) is 1. The topological polar surface area (TPSA) is 49.9 Å². The number of nitrogens with one attached hydrogen (secondary N) is 2. The normalized spacial score (nSPS) is 20.4. The molecule has 2 aromatic rings. The Labute approximate surface area is 107 Å². The first kappa shape index (κ1) is 11.7. The number of aromatic nitrogens is 2. The average molecular weight is 245 g/mol. The predicted molar refractivity (Wildman–Crippen MR) is 71.9 cm³/mol. The zero-order chi connectivity index (χ0) is 12.5. The van der Waals surface area contributed by atoms with Gasteiger partial charge >= 0.3 is 0 Å². The van der Waals surface area contributed by atoms with Crippen LogP contribution in [0.25, 0.3) is 11.0 Å². The van der Waals surface area contributed by atoms with E-state index < -0.39 is 0 Å². The van der Waals surface area contributed by atoms with Gasteiger partial charge in [0.25, 0.3) is 0 Å². The summed E-state index contributed by atoms with van der Waals surface area (Å²) in [7, 11) is 0. The lowest BCUT2D eigenvalue weighted by atomic mass is 10.1. The molecule has 4 nitrogen and oxygen atoms in total. The summed E-state index contributed by atoms with van der Waals surface area (Å²) in [5, 5.41) is 3.34. The van der Waals surface area contributed by atoms with Crippen LogP contribution in [0.3, 0.4) is 0 Å². The summed E-state index contributed by atoms with van der Waals surface area (Å²) in [6.07, 6.45) is 1.08. The number of aromatic amines is 1. The molecule has 0 amide bonds. The Morgan fingerprint density at radius 3 is 2.94 bits per heavy atom. The summed E-state index contributed by atoms with van der Waals surface area (Å²) in [4.78, 5) is 8.04. The summed E-state index contributed by atoms with van der Waals surface area (Å²) in [5.41, 5.74) is 4.76. The second-order valence-electron chi connectivity index (χ2n) is 5.04. The monoisotopic (exact) mass is 245 g/mol. The van der Waals surface area contributed by atoms with Crippen molar-refractivity contribution in [2.75, 3.05) is 19.7 Å². The van der Waals surface area contributed by atoms with E-state index in [1.165, 1.54) is 11.1 Å². The van der Waals surface area contributed by atoms with Crippen LogP contribution in [0.4, 0.5) is 0 Å². The molecule has 1 unspecified atom stereocenters. The van der Waals surface area contributed by atoms with Crippen LogP contribution in [0, 0.1) is 13.8 Å². The van der Waals surface area contributed by atoms with Crippen molar-refractivity contribution in [1.29, 1.82) is 0 Å². The number of fused-ring (bicyclic) bond motifs is 1. The lowest BCUT2D eigenvalue weighted by Crippen LogP contribution is -2.39. The molecule has 2 N–H and O–H groups in total. The van der Waals surface area contributed by atoms with Gasteiger partial charge in [-0.2, -0.15) is 0 Å². The van der Waals surface area contributed by atoms with Crippen LogP contribution in [0.5, 0.6) is 0 Å². The highest BCUT2D eigenvalue weighted by Crippen LogP contribution is 2.18. The highest BCUT2D eigenvalue weighted by molar-refractivity contribution is 5.77. The third-order valence-electron chi connectivity index (χ3n) is 3.57. The van der Waals surface area contributed by atoms with E-state index in [1.54, 1.807) is 0 Å². The first-order valence-electron chi connectivity index (χ1n) is 6.50. The first-order valence-corrected chi connectivity index (χ1v) is 6.50. The van der Waals surface area contributed by atoms with Gasteiger partial charge in [0.1, 0.15) is 5.82 Å². The molecule has 4 heteroatoms. The lowest BCUT2D eigenvalue weighted by molar-refractivity contribution is 0.0282. The molecule has 0 bridgehead atoms. The Kier molecular flexibility index (Phi) is 3.06. The maximum absolute atomic E-state index is 5.70. The average Bonchev–Trinajstić information content (AvgIpc) is 2.72. The van der Waals surface area contributed by atoms with E-state index in [0.717, 1.165) is 43.0 Å². The smallest absolute Gasteiger partial charge is 0.109 e. The Morgan fingerprint density at radius 1 is 1.33 bits per heavy atom. The molecular formula is C14H19N3O. The summed E-state index contributed by atoms with van der Waals surface area (Å²) in [6.45, 7) is 6.91. The maximum atomic E-state index is 5.70. The molecule has 0 radical (unpaired) electrons. The zero-order valence-electron chi connectivity index (χ0n) is 10.9. The molecule has 96 valence electrons. The third-order valence-corrected chi connectivity index (χ3v) is 3.57. The second-order valence-corrected chi connectivity index (χ2v) is 5.04. The first-order chi connectivity index (χ1) is 8.72. The quantitative estimate of drug-likeness (QED) is 0.847.